The molecule has 1 aliphatic rings. The van der Waals surface area contributed by atoms with Gasteiger partial charge >= 0.3 is 0 Å². The summed E-state index contributed by atoms with van der Waals surface area (Å²) in [5.41, 5.74) is 6.57. The average Bonchev–Trinajstić information content (AvgIpc) is 3.02. The van der Waals surface area contributed by atoms with E-state index >= 15 is 0 Å². The monoisotopic (exact) mass is 434 g/mol. The van der Waals surface area contributed by atoms with Gasteiger partial charge in [-0.1, -0.05) is 12.1 Å². The predicted molar refractivity (Wildman–Crippen MR) is 125 cm³/mol. The minimum Gasteiger partial charge on any atom is -0.496 e. The van der Waals surface area contributed by atoms with Crippen LogP contribution in [0, 0.1) is 13.8 Å². The third-order valence-electron chi connectivity index (χ3n) is 5.88. The molecule has 3 aromatic rings. The molecule has 1 aliphatic heterocycles. The molecule has 168 valence electrons. The maximum atomic E-state index is 6.13. The summed E-state index contributed by atoms with van der Waals surface area (Å²) in [6.07, 6.45) is 0. The van der Waals surface area contributed by atoms with E-state index in [1.807, 2.05) is 24.3 Å². The fourth-order valence-electron chi connectivity index (χ4n) is 4.14. The Hall–Kier alpha value is -3.25. The van der Waals surface area contributed by atoms with Gasteiger partial charge in [-0.2, -0.15) is 0 Å². The van der Waals surface area contributed by atoms with E-state index in [0.717, 1.165) is 59.3 Å². The number of rotatable bonds is 6. The fourth-order valence-corrected chi connectivity index (χ4v) is 4.14. The maximum absolute atomic E-state index is 6.13. The molecule has 32 heavy (non-hydrogen) atoms. The predicted octanol–water partition coefficient (Wildman–Crippen LogP) is 4.79. The molecule has 6 heteroatoms. The highest BCUT2D eigenvalue weighted by Gasteiger charge is 2.22. The van der Waals surface area contributed by atoms with Crippen LogP contribution in [-0.4, -0.2) is 44.4 Å². The van der Waals surface area contributed by atoms with Gasteiger partial charge in [-0.25, -0.2) is 4.98 Å². The lowest BCUT2D eigenvalue weighted by Gasteiger charge is -2.22. The molecule has 0 amide bonds. The molecule has 0 N–H and O–H groups in total. The zero-order valence-electron chi connectivity index (χ0n) is 19.4. The van der Waals surface area contributed by atoms with Gasteiger partial charge in [-0.15, -0.1) is 0 Å². The number of hydrogen-bond acceptors (Lipinski definition) is 6. The zero-order valence-corrected chi connectivity index (χ0v) is 19.4. The van der Waals surface area contributed by atoms with Gasteiger partial charge in [0.05, 0.1) is 27.0 Å². The zero-order chi connectivity index (χ0) is 22.7. The van der Waals surface area contributed by atoms with Crippen molar-refractivity contribution in [1.82, 2.24) is 9.88 Å². The number of fused-ring (bicyclic) bond motifs is 1. The molecule has 0 unspecified atom stereocenters. The van der Waals surface area contributed by atoms with Crippen molar-refractivity contribution < 1.29 is 18.9 Å². The molecule has 2 heterocycles. The van der Waals surface area contributed by atoms with Gasteiger partial charge in [0.1, 0.15) is 12.4 Å². The summed E-state index contributed by atoms with van der Waals surface area (Å²) in [5.74, 6) is 3.04. The van der Waals surface area contributed by atoms with Crippen LogP contribution in [0.5, 0.6) is 23.1 Å². The van der Waals surface area contributed by atoms with Gasteiger partial charge in [0.25, 0.3) is 0 Å². The quantitative estimate of drug-likeness (QED) is 0.556. The summed E-state index contributed by atoms with van der Waals surface area (Å²) in [5, 5.41) is 0. The Morgan fingerprint density at radius 2 is 1.75 bits per heavy atom. The van der Waals surface area contributed by atoms with Crippen LogP contribution in [0.25, 0.3) is 11.3 Å². The molecule has 0 saturated heterocycles. The van der Waals surface area contributed by atoms with E-state index in [9.17, 15) is 0 Å². The minimum atomic E-state index is 0.583. The summed E-state index contributed by atoms with van der Waals surface area (Å²) in [7, 11) is 5.01. The smallest absolute Gasteiger partial charge is 0.213 e. The van der Waals surface area contributed by atoms with Crippen LogP contribution in [0.2, 0.25) is 0 Å². The minimum absolute atomic E-state index is 0.583. The molecule has 1 aromatic heterocycles. The Labute approximate surface area is 189 Å². The van der Waals surface area contributed by atoms with E-state index in [0.29, 0.717) is 12.5 Å². The Morgan fingerprint density at radius 1 is 0.938 bits per heavy atom. The van der Waals surface area contributed by atoms with Crippen molar-refractivity contribution in [2.45, 2.75) is 26.9 Å². The number of nitrogens with zero attached hydrogens (tertiary/aromatic N) is 2. The van der Waals surface area contributed by atoms with Crippen LogP contribution in [-0.2, 0) is 13.1 Å². The molecule has 2 aromatic carbocycles. The number of benzene rings is 2. The first-order chi connectivity index (χ1) is 15.5. The van der Waals surface area contributed by atoms with Crippen LogP contribution in [0.4, 0.5) is 0 Å². The Bertz CT molecular complexity index is 1110. The SMILES string of the molecule is COc1cccc(-c2cc3c(c(OC)c2)OCCN(Cc2cc(C)c(OC)cc2C)C3)n1. The number of ether oxygens (including phenoxy) is 4. The van der Waals surface area contributed by atoms with Gasteiger partial charge < -0.3 is 18.9 Å². The van der Waals surface area contributed by atoms with E-state index < -0.39 is 0 Å². The van der Waals surface area contributed by atoms with Crippen molar-refractivity contribution in [3.05, 3.63) is 64.7 Å². The first-order valence-electron chi connectivity index (χ1n) is 10.7. The van der Waals surface area contributed by atoms with E-state index in [-0.39, 0.29) is 0 Å². The molecule has 4 rings (SSSR count). The lowest BCUT2D eigenvalue weighted by Crippen LogP contribution is -2.25. The van der Waals surface area contributed by atoms with E-state index in [2.05, 4.69) is 41.9 Å². The third kappa shape index (κ3) is 4.50. The van der Waals surface area contributed by atoms with E-state index in [4.69, 9.17) is 18.9 Å². The number of aromatic nitrogens is 1. The van der Waals surface area contributed by atoms with Crippen LogP contribution < -0.4 is 18.9 Å². The average molecular weight is 435 g/mol. The highest BCUT2D eigenvalue weighted by Crippen LogP contribution is 2.38. The number of pyridine rings is 1. The molecular weight excluding hydrogens is 404 g/mol. The van der Waals surface area contributed by atoms with E-state index in [1.165, 1.54) is 11.1 Å². The number of hydrogen-bond donors (Lipinski definition) is 0. The Kier molecular flexibility index (Phi) is 6.51. The number of methoxy groups -OCH3 is 3. The summed E-state index contributed by atoms with van der Waals surface area (Å²) in [4.78, 5) is 6.99. The van der Waals surface area contributed by atoms with Gasteiger partial charge in [-0.05, 0) is 54.8 Å². The summed E-state index contributed by atoms with van der Waals surface area (Å²) in [6.45, 7) is 7.25. The number of aryl methyl sites for hydroxylation is 2. The van der Waals surface area contributed by atoms with Crippen molar-refractivity contribution in [1.29, 1.82) is 0 Å². The summed E-state index contributed by atoms with van der Waals surface area (Å²) in [6, 6.07) is 14.2. The first kappa shape index (κ1) is 22.0. The van der Waals surface area contributed by atoms with Crippen LogP contribution in [0.1, 0.15) is 22.3 Å². The van der Waals surface area contributed by atoms with Gasteiger partial charge in [0, 0.05) is 36.8 Å². The molecule has 0 atom stereocenters. The lowest BCUT2D eigenvalue weighted by molar-refractivity contribution is 0.216. The molecule has 6 nitrogen and oxygen atoms in total. The van der Waals surface area contributed by atoms with Gasteiger partial charge in [-0.3, -0.25) is 4.90 Å². The van der Waals surface area contributed by atoms with Gasteiger partial charge in [0.15, 0.2) is 11.5 Å². The standard InChI is InChI=1S/C26H30N2O4/c1-17-12-23(29-3)18(2)11-20(17)15-28-9-10-32-26-21(16-28)13-19(14-24(26)30-4)22-7-6-8-25(27-22)31-5/h6-8,11-14H,9-10,15-16H2,1-5H3. The Morgan fingerprint density at radius 3 is 2.50 bits per heavy atom. The fraction of sp³-hybridized carbons (Fsp3) is 0.346. The van der Waals surface area contributed by atoms with E-state index in [1.54, 1.807) is 21.3 Å². The molecule has 0 spiro atoms. The maximum Gasteiger partial charge on any atom is 0.213 e. The molecule has 0 aliphatic carbocycles. The summed E-state index contributed by atoms with van der Waals surface area (Å²) >= 11 is 0. The molecule has 0 saturated carbocycles. The van der Waals surface area contributed by atoms with Crippen LogP contribution in [0.15, 0.2) is 42.5 Å². The second-order valence-electron chi connectivity index (χ2n) is 8.04. The van der Waals surface area contributed by atoms with Gasteiger partial charge in [0.2, 0.25) is 5.88 Å². The molecule has 0 radical (unpaired) electrons. The van der Waals surface area contributed by atoms with Crippen LogP contribution in [0.3, 0.4) is 0 Å². The molecule has 0 bridgehead atoms. The Balaban J connectivity index is 1.66. The largest absolute Gasteiger partial charge is 0.496 e. The highest BCUT2D eigenvalue weighted by molar-refractivity contribution is 5.67. The first-order valence-corrected chi connectivity index (χ1v) is 10.7. The molecule has 0 fully saturated rings. The van der Waals surface area contributed by atoms with Crippen molar-refractivity contribution in [3.8, 4) is 34.4 Å². The summed E-state index contributed by atoms with van der Waals surface area (Å²) < 4.78 is 22.6. The van der Waals surface area contributed by atoms with Crippen molar-refractivity contribution >= 4 is 0 Å². The van der Waals surface area contributed by atoms with Crippen molar-refractivity contribution in [2.24, 2.45) is 0 Å². The second-order valence-corrected chi connectivity index (χ2v) is 8.04. The second kappa shape index (κ2) is 9.49. The van der Waals surface area contributed by atoms with Crippen molar-refractivity contribution in [2.75, 3.05) is 34.5 Å². The third-order valence-corrected chi connectivity index (χ3v) is 5.88. The normalized spacial score (nSPS) is 13.7. The lowest BCUT2D eigenvalue weighted by atomic mass is 10.0. The van der Waals surface area contributed by atoms with Crippen LogP contribution >= 0.6 is 0 Å². The van der Waals surface area contributed by atoms with Crippen molar-refractivity contribution in [3.63, 3.8) is 0 Å². The topological polar surface area (TPSA) is 53.0 Å². The highest BCUT2D eigenvalue weighted by atomic mass is 16.5. The molecular formula is C26H30N2O4.